The molecule has 0 bridgehead atoms. The number of carbonyl (C=O) groups is 1. The Balaban J connectivity index is 2.93. The maximum Gasteiger partial charge on any atom is 0.272 e. The minimum atomic E-state index is -0.160. The first-order valence-electron chi connectivity index (χ1n) is 6.41. The Morgan fingerprint density at radius 3 is 2.61 bits per heavy atom. The lowest BCUT2D eigenvalue weighted by Gasteiger charge is -2.34. The molecule has 0 fully saturated rings. The molecule has 1 aromatic rings. The van der Waals surface area contributed by atoms with Gasteiger partial charge in [-0.2, -0.15) is 0 Å². The molecule has 0 radical (unpaired) electrons. The Hall–Kier alpha value is -1.58. The van der Waals surface area contributed by atoms with Gasteiger partial charge in [-0.15, -0.1) is 0 Å². The molecule has 0 aliphatic rings. The highest BCUT2D eigenvalue weighted by atomic mass is 16.2. The highest BCUT2D eigenvalue weighted by Gasteiger charge is 2.27. The lowest BCUT2D eigenvalue weighted by molar-refractivity contribution is 0.0614. The molecule has 0 spiro atoms. The van der Waals surface area contributed by atoms with E-state index in [2.05, 4.69) is 31.1 Å². The molecular weight excluding hydrogens is 226 g/mol. The maximum atomic E-state index is 12.3. The lowest BCUT2D eigenvalue weighted by Crippen LogP contribution is -2.44. The van der Waals surface area contributed by atoms with Crippen LogP contribution in [0.2, 0.25) is 0 Å². The van der Waals surface area contributed by atoms with E-state index in [0.717, 1.165) is 18.8 Å². The molecule has 0 aromatic carbocycles. The zero-order valence-corrected chi connectivity index (χ0v) is 11.9. The molecule has 1 N–H and O–H groups in total. The van der Waals surface area contributed by atoms with E-state index in [1.165, 1.54) is 0 Å². The number of aromatic nitrogens is 1. The summed E-state index contributed by atoms with van der Waals surface area (Å²) in [5.74, 6) is 0.702. The summed E-state index contributed by atoms with van der Waals surface area (Å²) >= 11 is 0. The number of anilines is 1. The summed E-state index contributed by atoms with van der Waals surface area (Å²) in [5, 5.41) is 3.11. The van der Waals surface area contributed by atoms with Crippen molar-refractivity contribution in [3.63, 3.8) is 0 Å². The van der Waals surface area contributed by atoms with E-state index in [0.29, 0.717) is 5.69 Å². The van der Waals surface area contributed by atoms with Crippen molar-refractivity contribution in [3.8, 4) is 0 Å². The average Bonchev–Trinajstić information content (AvgIpc) is 2.37. The average molecular weight is 249 g/mol. The molecule has 0 aliphatic heterocycles. The molecular formula is C14H23N3O. The zero-order valence-electron chi connectivity index (χ0n) is 11.9. The highest BCUT2D eigenvalue weighted by molar-refractivity contribution is 5.93. The van der Waals surface area contributed by atoms with Crippen LogP contribution in [-0.2, 0) is 0 Å². The van der Waals surface area contributed by atoms with Crippen LogP contribution < -0.4 is 5.32 Å². The number of hydrogen-bond acceptors (Lipinski definition) is 3. The fraction of sp³-hybridized carbons (Fsp3) is 0.571. The van der Waals surface area contributed by atoms with Gasteiger partial charge in [0.15, 0.2) is 0 Å². The van der Waals surface area contributed by atoms with Crippen molar-refractivity contribution in [2.75, 3.05) is 18.9 Å². The molecule has 1 heterocycles. The van der Waals surface area contributed by atoms with E-state index < -0.39 is 0 Å². The minimum Gasteiger partial charge on any atom is -0.370 e. The monoisotopic (exact) mass is 249 g/mol. The van der Waals surface area contributed by atoms with Crippen molar-refractivity contribution >= 4 is 11.7 Å². The zero-order chi connectivity index (χ0) is 13.8. The van der Waals surface area contributed by atoms with Crippen LogP contribution in [0.25, 0.3) is 0 Å². The first-order valence-corrected chi connectivity index (χ1v) is 6.41. The van der Waals surface area contributed by atoms with Gasteiger partial charge < -0.3 is 10.2 Å². The van der Waals surface area contributed by atoms with Crippen LogP contribution in [-0.4, -0.2) is 34.9 Å². The second-order valence-corrected chi connectivity index (χ2v) is 4.97. The van der Waals surface area contributed by atoms with E-state index in [9.17, 15) is 4.79 Å². The van der Waals surface area contributed by atoms with E-state index in [-0.39, 0.29) is 11.4 Å². The molecule has 4 heteroatoms. The van der Waals surface area contributed by atoms with Crippen LogP contribution in [0, 0.1) is 0 Å². The molecule has 0 aliphatic carbocycles. The van der Waals surface area contributed by atoms with Gasteiger partial charge in [-0.3, -0.25) is 4.79 Å². The Labute approximate surface area is 109 Å². The van der Waals surface area contributed by atoms with Crippen molar-refractivity contribution in [2.24, 2.45) is 0 Å². The predicted molar refractivity (Wildman–Crippen MR) is 74.9 cm³/mol. The minimum absolute atomic E-state index is 0.0402. The van der Waals surface area contributed by atoms with Gasteiger partial charge in [0.25, 0.3) is 5.91 Å². The van der Waals surface area contributed by atoms with Gasteiger partial charge >= 0.3 is 0 Å². The number of nitrogens with zero attached hydrogens (tertiary/aromatic N) is 2. The van der Waals surface area contributed by atoms with Crippen molar-refractivity contribution < 1.29 is 4.79 Å². The number of carbonyl (C=O) groups excluding carboxylic acids is 1. The van der Waals surface area contributed by atoms with E-state index in [4.69, 9.17) is 0 Å². The Morgan fingerprint density at radius 1 is 1.39 bits per heavy atom. The van der Waals surface area contributed by atoms with Crippen molar-refractivity contribution in [2.45, 2.75) is 39.7 Å². The van der Waals surface area contributed by atoms with Gasteiger partial charge in [-0.1, -0.05) is 13.0 Å². The first kappa shape index (κ1) is 14.5. The van der Waals surface area contributed by atoms with E-state index in [1.54, 1.807) is 11.0 Å². The number of hydrogen-bond donors (Lipinski definition) is 1. The standard InChI is InChI=1S/C14H23N3O/c1-6-14(3,4)17(5)13(18)11-9-8-10-12(16-11)15-7-2/h8-10H,6-7H2,1-5H3,(H,15,16). The van der Waals surface area contributed by atoms with Crippen LogP contribution >= 0.6 is 0 Å². The summed E-state index contributed by atoms with van der Waals surface area (Å²) in [7, 11) is 1.83. The van der Waals surface area contributed by atoms with Crippen LogP contribution in [0.15, 0.2) is 18.2 Å². The second-order valence-electron chi connectivity index (χ2n) is 4.97. The smallest absolute Gasteiger partial charge is 0.272 e. The maximum absolute atomic E-state index is 12.3. The molecule has 1 rings (SSSR count). The van der Waals surface area contributed by atoms with Gasteiger partial charge in [-0.05, 0) is 39.3 Å². The van der Waals surface area contributed by atoms with Gasteiger partial charge in [-0.25, -0.2) is 4.98 Å². The molecule has 4 nitrogen and oxygen atoms in total. The Morgan fingerprint density at radius 2 is 2.06 bits per heavy atom. The van der Waals surface area contributed by atoms with E-state index >= 15 is 0 Å². The third-order valence-electron chi connectivity index (χ3n) is 3.40. The van der Waals surface area contributed by atoms with Gasteiger partial charge in [0.2, 0.25) is 0 Å². The summed E-state index contributed by atoms with van der Waals surface area (Å²) in [5.41, 5.74) is 0.324. The summed E-state index contributed by atoms with van der Waals surface area (Å²) in [6, 6.07) is 5.47. The number of pyridine rings is 1. The quantitative estimate of drug-likeness (QED) is 0.872. The van der Waals surface area contributed by atoms with Gasteiger partial charge in [0.1, 0.15) is 11.5 Å². The first-order chi connectivity index (χ1) is 8.42. The second kappa shape index (κ2) is 5.85. The van der Waals surface area contributed by atoms with Crippen LogP contribution in [0.1, 0.15) is 44.6 Å². The molecule has 0 unspecified atom stereocenters. The van der Waals surface area contributed by atoms with Crippen molar-refractivity contribution in [1.29, 1.82) is 0 Å². The molecule has 1 aromatic heterocycles. The number of rotatable bonds is 5. The largest absolute Gasteiger partial charge is 0.370 e. The van der Waals surface area contributed by atoms with E-state index in [1.807, 2.05) is 26.1 Å². The normalized spacial score (nSPS) is 11.2. The fourth-order valence-corrected chi connectivity index (χ4v) is 1.52. The molecule has 0 saturated carbocycles. The fourth-order valence-electron chi connectivity index (χ4n) is 1.52. The lowest BCUT2D eigenvalue weighted by atomic mass is 9.99. The van der Waals surface area contributed by atoms with Crippen LogP contribution in [0.4, 0.5) is 5.82 Å². The van der Waals surface area contributed by atoms with Crippen molar-refractivity contribution in [3.05, 3.63) is 23.9 Å². The van der Waals surface area contributed by atoms with Crippen molar-refractivity contribution in [1.82, 2.24) is 9.88 Å². The Kier molecular flexibility index (Phi) is 4.70. The predicted octanol–water partition coefficient (Wildman–Crippen LogP) is 2.77. The Bertz CT molecular complexity index is 415. The number of nitrogens with one attached hydrogen (secondary N) is 1. The molecule has 100 valence electrons. The molecule has 0 atom stereocenters. The highest BCUT2D eigenvalue weighted by Crippen LogP contribution is 2.19. The molecule has 18 heavy (non-hydrogen) atoms. The van der Waals surface area contributed by atoms with Crippen LogP contribution in [0.5, 0.6) is 0 Å². The summed E-state index contributed by atoms with van der Waals surface area (Å²) in [6.45, 7) is 8.98. The third kappa shape index (κ3) is 3.22. The van der Waals surface area contributed by atoms with Crippen LogP contribution in [0.3, 0.4) is 0 Å². The SMILES string of the molecule is CCNc1cccc(C(=O)N(C)C(C)(C)CC)n1. The topological polar surface area (TPSA) is 45.2 Å². The summed E-state index contributed by atoms with van der Waals surface area (Å²) < 4.78 is 0. The molecule has 0 saturated heterocycles. The van der Waals surface area contributed by atoms with Gasteiger partial charge in [0, 0.05) is 19.1 Å². The third-order valence-corrected chi connectivity index (χ3v) is 3.40. The van der Waals surface area contributed by atoms with Gasteiger partial charge in [0.05, 0.1) is 0 Å². The molecule has 1 amide bonds. The summed E-state index contributed by atoms with van der Waals surface area (Å²) in [6.07, 6.45) is 0.905. The summed E-state index contributed by atoms with van der Waals surface area (Å²) in [4.78, 5) is 18.4. The number of amides is 1.